The van der Waals surface area contributed by atoms with E-state index in [1.165, 1.54) is 51.5 Å². The summed E-state index contributed by atoms with van der Waals surface area (Å²) in [4.78, 5) is 79.7. The molecule has 0 aromatic carbocycles. The van der Waals surface area contributed by atoms with Crippen LogP contribution in [-0.4, -0.2) is 116 Å². The van der Waals surface area contributed by atoms with E-state index in [4.69, 9.17) is 18.9 Å². The molecule has 85 heavy (non-hydrogen) atoms. The van der Waals surface area contributed by atoms with E-state index >= 15 is 0 Å². The summed E-state index contributed by atoms with van der Waals surface area (Å²) < 4.78 is 22.9. The van der Waals surface area contributed by atoms with Gasteiger partial charge in [0.25, 0.3) is 0 Å². The number of hydrogen-bond donors (Lipinski definition) is 5. The molecule has 0 aliphatic heterocycles. The predicted octanol–water partition coefficient (Wildman–Crippen LogP) is 10.7. The number of fused-ring (bicyclic) bond motifs is 6. The Labute approximate surface area is 506 Å². The number of rotatable bonds is 24. The fourth-order valence-electron chi connectivity index (χ4n) is 16.9. The molecule has 4 bridgehead atoms. The summed E-state index contributed by atoms with van der Waals surface area (Å²) in [5.41, 5.74) is -7.14. The van der Waals surface area contributed by atoms with Gasteiger partial charge >= 0.3 is 23.9 Å². The number of ketones is 2. The molecule has 15 nitrogen and oxygen atoms in total. The van der Waals surface area contributed by atoms with Crippen LogP contribution in [0, 0.1) is 80.8 Å². The van der Waals surface area contributed by atoms with Crippen LogP contribution >= 0.6 is 0 Å². The molecular formula is C70H104O15. The van der Waals surface area contributed by atoms with Crippen molar-refractivity contribution in [3.63, 3.8) is 0 Å². The summed E-state index contributed by atoms with van der Waals surface area (Å²) >= 11 is 0. The molecule has 17 atom stereocenters. The van der Waals surface area contributed by atoms with Gasteiger partial charge in [-0.2, -0.15) is 0 Å². The number of carbonyl (C=O) groups excluding carboxylic acids is 6. The fraction of sp³-hybridized carbons (Fsp3) is 0.743. The van der Waals surface area contributed by atoms with Crippen LogP contribution in [0.3, 0.4) is 0 Å². The van der Waals surface area contributed by atoms with Crippen LogP contribution in [0.1, 0.15) is 193 Å². The molecular weight excluding hydrogens is 1080 g/mol. The summed E-state index contributed by atoms with van der Waals surface area (Å²) in [6, 6.07) is 0. The molecule has 8 rings (SSSR count). The lowest BCUT2D eigenvalue weighted by molar-refractivity contribution is -0.192. The molecule has 4 fully saturated rings. The van der Waals surface area contributed by atoms with Crippen LogP contribution < -0.4 is 0 Å². The first kappa shape index (κ1) is 68.0. The Morgan fingerprint density at radius 2 is 1.25 bits per heavy atom. The van der Waals surface area contributed by atoms with E-state index in [0.29, 0.717) is 35.5 Å². The number of hydrogen-bond acceptors (Lipinski definition) is 15. The van der Waals surface area contributed by atoms with E-state index < -0.39 is 98.9 Å². The molecule has 0 aromatic rings. The summed E-state index contributed by atoms with van der Waals surface area (Å²) in [6.07, 6.45) is 23.7. The minimum atomic E-state index is -2.27. The molecule has 0 radical (unpaired) electrons. The molecule has 2 spiro atoms. The van der Waals surface area contributed by atoms with Crippen LogP contribution in [-0.2, 0) is 47.7 Å². The molecule has 8 aliphatic rings. The highest BCUT2D eigenvalue weighted by atomic mass is 16.6. The van der Waals surface area contributed by atoms with E-state index in [0.717, 1.165) is 44.9 Å². The average Bonchev–Trinajstić information content (AvgIpc) is 1.57. The molecule has 8 aliphatic carbocycles. The number of unbranched alkanes of at least 4 members (excludes halogenated alkanes) is 10. The van der Waals surface area contributed by atoms with E-state index in [1.807, 2.05) is 60.6 Å². The fourth-order valence-corrected chi connectivity index (χ4v) is 16.9. The second-order valence-corrected chi connectivity index (χ2v) is 28.5. The number of ether oxygens (including phenoxy) is 4. The summed E-state index contributed by atoms with van der Waals surface area (Å²) in [6.45, 7) is 26.1. The van der Waals surface area contributed by atoms with Gasteiger partial charge in [-0.25, -0.2) is 4.79 Å². The van der Waals surface area contributed by atoms with Gasteiger partial charge in [0, 0.05) is 48.5 Å². The Bertz CT molecular complexity index is 2710. The summed E-state index contributed by atoms with van der Waals surface area (Å²) in [5, 5.41) is 60.0. The van der Waals surface area contributed by atoms with Crippen molar-refractivity contribution < 1.29 is 73.2 Å². The van der Waals surface area contributed by atoms with Crippen LogP contribution in [0.2, 0.25) is 0 Å². The van der Waals surface area contributed by atoms with Gasteiger partial charge in [-0.3, -0.25) is 24.0 Å². The van der Waals surface area contributed by atoms with Gasteiger partial charge in [-0.15, -0.1) is 0 Å². The summed E-state index contributed by atoms with van der Waals surface area (Å²) in [5.74, 6) is -5.56. The van der Waals surface area contributed by atoms with Gasteiger partial charge < -0.3 is 44.5 Å². The third-order valence-corrected chi connectivity index (χ3v) is 22.4. The molecule has 15 heteroatoms. The molecule has 0 heterocycles. The van der Waals surface area contributed by atoms with Crippen LogP contribution in [0.25, 0.3) is 0 Å². The molecule has 0 aromatic heterocycles. The average molecular weight is 1190 g/mol. The monoisotopic (exact) mass is 1180 g/mol. The zero-order valence-corrected chi connectivity index (χ0v) is 53.7. The van der Waals surface area contributed by atoms with E-state index in [2.05, 4.69) is 27.7 Å². The lowest BCUT2D eigenvalue weighted by atomic mass is 9.57. The number of allylic oxidation sites excluding steroid dienone is 5. The van der Waals surface area contributed by atoms with E-state index in [-0.39, 0.29) is 72.0 Å². The van der Waals surface area contributed by atoms with Gasteiger partial charge in [0.1, 0.15) is 54.9 Å². The number of aliphatic hydroxyl groups excluding tert-OH is 3. The van der Waals surface area contributed by atoms with Crippen LogP contribution in [0.4, 0.5) is 0 Å². The Morgan fingerprint density at radius 3 is 1.86 bits per heavy atom. The van der Waals surface area contributed by atoms with Crippen molar-refractivity contribution in [1.29, 1.82) is 0 Å². The third-order valence-electron chi connectivity index (χ3n) is 22.4. The third kappa shape index (κ3) is 11.9. The predicted molar refractivity (Wildman–Crippen MR) is 324 cm³/mol. The molecule has 0 amide bonds. The molecule has 0 saturated heterocycles. The molecule has 5 N–H and O–H groups in total. The Kier molecular flexibility index (Phi) is 21.0. The van der Waals surface area contributed by atoms with Crippen molar-refractivity contribution in [3.05, 3.63) is 70.9 Å². The van der Waals surface area contributed by atoms with Crippen LogP contribution in [0.15, 0.2) is 70.9 Å². The maximum absolute atomic E-state index is 14.8. The second kappa shape index (κ2) is 26.3. The number of esters is 4. The van der Waals surface area contributed by atoms with Gasteiger partial charge in [0.2, 0.25) is 0 Å². The van der Waals surface area contributed by atoms with Crippen molar-refractivity contribution >= 4 is 35.4 Å². The zero-order valence-electron chi connectivity index (χ0n) is 53.7. The lowest BCUT2D eigenvalue weighted by Crippen LogP contribution is -2.65. The Hall–Kier alpha value is -4.54. The lowest BCUT2D eigenvalue weighted by Gasteiger charge is -2.49. The van der Waals surface area contributed by atoms with Crippen LogP contribution in [0.5, 0.6) is 0 Å². The topological polar surface area (TPSA) is 240 Å². The van der Waals surface area contributed by atoms with Crippen molar-refractivity contribution in [2.45, 2.75) is 228 Å². The first-order valence-electron chi connectivity index (χ1n) is 32.3. The standard InChI is InChI=1S/C38H60O8.C32H44O7/c1-9-10-11-12-13-14-15-16-17-18-29(39)46-37-21-25(5)36-20-24(4)31(40)38(36,44)32(41)27(22-45-34(43)26(6)23(2)3)19-28(33(36)42)30(37)35(37,7)8;1-7-8-9-10-11-12-13-26(34)39-18-25-19(2)16-31-20(3)14-24-27(30(24,5)6)23(29(31)36)15-22(17-38-21(4)33)28(35)32(25,31)37/h19-20,23,25-26,28,30-32,40-41,44H,9-18,21-22H2,1-8H3;10-13,15-16,20,23-25,27-28,35,37H,7-9,14,17-18H2,1-6H3/b;11-10+,13-12-/t25-,26?,28+,30-,31+,32-,36?,37+,38-;20-,23+,24-,25+,27+,28-,31?,32-/m11/s1. The Morgan fingerprint density at radius 1 is 0.694 bits per heavy atom. The first-order chi connectivity index (χ1) is 39.9. The number of Topliss-reactive ketones (excluding diaryl/α,β-unsaturated/α-hetero) is 2. The van der Waals surface area contributed by atoms with Gasteiger partial charge in [0.05, 0.1) is 16.7 Å². The normalized spacial score (nSPS) is 37.4. The highest BCUT2D eigenvalue weighted by Gasteiger charge is 2.83. The number of aliphatic hydroxyl groups is 5. The van der Waals surface area contributed by atoms with Crippen molar-refractivity contribution in [2.24, 2.45) is 80.8 Å². The minimum absolute atomic E-state index is 0.0414. The maximum atomic E-state index is 14.8. The van der Waals surface area contributed by atoms with Gasteiger partial charge in [-0.05, 0) is 91.3 Å². The SMILES string of the molecule is CCCC/C=C/C=C\C(=O)OC[C@H]1C(C)=CC23C(=O)[C@@H](C=C(COC(C)=O)[C@@H](O)[C@]12O)[C@H]1[C@@H](C[C@H]3C)C1(C)C.CCCCCCCCCCCC(=O)O[C@@]12C[C@@H](C)C34C=C(C)[C@H](O)[C@@]3(O)[C@H](O)C(COC(=O)C(C)C(C)C)=C[C@H](C4=O)[C@@H]1C2(C)C. The van der Waals surface area contributed by atoms with Gasteiger partial charge in [0.15, 0.2) is 11.6 Å². The highest BCUT2D eigenvalue weighted by Crippen LogP contribution is 2.76. The second-order valence-electron chi connectivity index (χ2n) is 28.5. The van der Waals surface area contributed by atoms with Crippen molar-refractivity contribution in [3.8, 4) is 0 Å². The maximum Gasteiger partial charge on any atom is 0.330 e. The Balaban J connectivity index is 0.000000247. The van der Waals surface area contributed by atoms with E-state index in [9.17, 15) is 54.3 Å². The smallest absolute Gasteiger partial charge is 0.330 e. The quantitative estimate of drug-likeness (QED) is 0.0151. The van der Waals surface area contributed by atoms with Crippen molar-refractivity contribution in [2.75, 3.05) is 19.8 Å². The summed E-state index contributed by atoms with van der Waals surface area (Å²) in [7, 11) is 0. The zero-order chi connectivity index (χ0) is 63.0. The molecule has 3 unspecified atom stereocenters. The molecule has 4 saturated carbocycles. The molecule has 474 valence electrons. The number of carbonyl (C=O) groups is 6. The highest BCUT2D eigenvalue weighted by molar-refractivity contribution is 5.96. The minimum Gasteiger partial charge on any atom is -0.462 e. The largest absolute Gasteiger partial charge is 0.462 e. The van der Waals surface area contributed by atoms with Crippen molar-refractivity contribution in [1.82, 2.24) is 0 Å². The first-order valence-corrected chi connectivity index (χ1v) is 32.3. The van der Waals surface area contributed by atoms with E-state index in [1.54, 1.807) is 44.2 Å². The van der Waals surface area contributed by atoms with Gasteiger partial charge in [-0.1, -0.05) is 188 Å².